The van der Waals surface area contributed by atoms with E-state index in [-0.39, 0.29) is 6.03 Å². The Bertz CT molecular complexity index is 791. The fourth-order valence-electron chi connectivity index (χ4n) is 2.96. The number of nitrogens with one attached hydrogen (secondary N) is 1. The first-order valence-electron chi connectivity index (χ1n) is 8.21. The Kier molecular flexibility index (Phi) is 4.74. The van der Waals surface area contributed by atoms with Crippen molar-refractivity contribution in [2.24, 2.45) is 0 Å². The third kappa shape index (κ3) is 3.65. The van der Waals surface area contributed by atoms with Gasteiger partial charge in [0.05, 0.1) is 19.3 Å². The van der Waals surface area contributed by atoms with Crippen LogP contribution in [-0.2, 0) is 13.0 Å². The molecule has 25 heavy (non-hydrogen) atoms. The normalized spacial score (nSPS) is 13.2. The lowest BCUT2D eigenvalue weighted by atomic mass is 10.1. The van der Waals surface area contributed by atoms with Crippen molar-refractivity contribution in [1.82, 2.24) is 14.9 Å². The SMILES string of the molecule is COc1cccc(NC(=O)N2CCc3nc(C)nc(N(C)C)c3C2)c1. The van der Waals surface area contributed by atoms with Gasteiger partial charge in [0, 0.05) is 44.4 Å². The second-order valence-electron chi connectivity index (χ2n) is 6.25. The molecule has 2 aromatic rings. The Morgan fingerprint density at radius 3 is 2.84 bits per heavy atom. The zero-order valence-electron chi connectivity index (χ0n) is 15.0. The first-order chi connectivity index (χ1) is 12.0. The number of hydrogen-bond acceptors (Lipinski definition) is 5. The van der Waals surface area contributed by atoms with Crippen molar-refractivity contribution in [1.29, 1.82) is 0 Å². The van der Waals surface area contributed by atoms with Gasteiger partial charge in [-0.2, -0.15) is 0 Å². The molecule has 0 radical (unpaired) electrons. The summed E-state index contributed by atoms with van der Waals surface area (Å²) in [6, 6.07) is 7.20. The minimum absolute atomic E-state index is 0.135. The van der Waals surface area contributed by atoms with Crippen molar-refractivity contribution in [3.8, 4) is 5.75 Å². The highest BCUT2D eigenvalue weighted by atomic mass is 16.5. The van der Waals surface area contributed by atoms with Crippen LogP contribution in [0.3, 0.4) is 0 Å². The fraction of sp³-hybridized carbons (Fsp3) is 0.389. The molecule has 0 aliphatic carbocycles. The highest BCUT2D eigenvalue weighted by Crippen LogP contribution is 2.26. The van der Waals surface area contributed by atoms with E-state index in [1.165, 1.54) is 0 Å². The summed E-state index contributed by atoms with van der Waals surface area (Å²) in [5.41, 5.74) is 2.76. The summed E-state index contributed by atoms with van der Waals surface area (Å²) >= 11 is 0. The van der Waals surface area contributed by atoms with Crippen LogP contribution in [0.1, 0.15) is 17.1 Å². The Balaban J connectivity index is 1.78. The molecule has 0 fully saturated rings. The van der Waals surface area contributed by atoms with Crippen LogP contribution < -0.4 is 15.0 Å². The van der Waals surface area contributed by atoms with Crippen molar-refractivity contribution in [2.45, 2.75) is 19.9 Å². The van der Waals surface area contributed by atoms with Crippen molar-refractivity contribution in [2.75, 3.05) is 38.0 Å². The number of amides is 2. The minimum Gasteiger partial charge on any atom is -0.497 e. The number of hydrogen-bond donors (Lipinski definition) is 1. The number of aryl methyl sites for hydroxylation is 1. The number of urea groups is 1. The van der Waals surface area contributed by atoms with Crippen LogP contribution >= 0.6 is 0 Å². The second kappa shape index (κ2) is 6.96. The van der Waals surface area contributed by atoms with E-state index in [0.29, 0.717) is 24.5 Å². The number of nitrogens with zero attached hydrogens (tertiary/aromatic N) is 4. The standard InChI is InChI=1S/C18H23N5O2/c1-12-19-16-8-9-23(11-15(16)17(20-12)22(2)3)18(24)21-13-6-5-7-14(10-13)25-4/h5-7,10H,8-9,11H2,1-4H3,(H,21,24). The number of fused-ring (bicyclic) bond motifs is 1. The lowest BCUT2D eigenvalue weighted by Gasteiger charge is -2.31. The van der Waals surface area contributed by atoms with Gasteiger partial charge in [0.15, 0.2) is 0 Å². The van der Waals surface area contributed by atoms with Crippen molar-refractivity contribution in [3.63, 3.8) is 0 Å². The first-order valence-corrected chi connectivity index (χ1v) is 8.21. The molecule has 132 valence electrons. The van der Waals surface area contributed by atoms with Gasteiger partial charge < -0.3 is 19.9 Å². The van der Waals surface area contributed by atoms with Gasteiger partial charge in [-0.25, -0.2) is 14.8 Å². The predicted octanol–water partition coefficient (Wildman–Crippen LogP) is 2.45. The lowest BCUT2D eigenvalue weighted by Crippen LogP contribution is -2.40. The number of methoxy groups -OCH3 is 1. The summed E-state index contributed by atoms with van der Waals surface area (Å²) in [7, 11) is 5.52. The van der Waals surface area contributed by atoms with Crippen LogP contribution in [0.15, 0.2) is 24.3 Å². The van der Waals surface area contributed by atoms with Gasteiger partial charge in [0.1, 0.15) is 17.4 Å². The molecule has 1 N–H and O–H groups in total. The molecule has 1 aromatic heterocycles. The summed E-state index contributed by atoms with van der Waals surface area (Å²) in [6.07, 6.45) is 0.727. The quantitative estimate of drug-likeness (QED) is 0.928. The number of rotatable bonds is 3. The van der Waals surface area contributed by atoms with Gasteiger partial charge in [-0.1, -0.05) is 6.07 Å². The molecular weight excluding hydrogens is 318 g/mol. The monoisotopic (exact) mass is 341 g/mol. The van der Waals surface area contributed by atoms with Crippen LogP contribution in [0, 0.1) is 6.92 Å². The summed E-state index contributed by atoms with van der Waals surface area (Å²) in [5, 5.41) is 2.93. The number of carbonyl (C=O) groups excluding carboxylic acids is 1. The van der Waals surface area contributed by atoms with Gasteiger partial charge in [0.25, 0.3) is 0 Å². The van der Waals surface area contributed by atoms with Crippen molar-refractivity contribution in [3.05, 3.63) is 41.3 Å². The zero-order valence-corrected chi connectivity index (χ0v) is 15.0. The zero-order chi connectivity index (χ0) is 18.0. The molecule has 2 heterocycles. The van der Waals surface area contributed by atoms with E-state index in [0.717, 1.165) is 29.3 Å². The Morgan fingerprint density at radius 1 is 1.32 bits per heavy atom. The molecule has 2 amide bonds. The number of ether oxygens (including phenoxy) is 1. The smallest absolute Gasteiger partial charge is 0.322 e. The minimum atomic E-state index is -0.135. The van der Waals surface area contributed by atoms with Gasteiger partial charge in [0.2, 0.25) is 0 Å². The maximum absolute atomic E-state index is 12.6. The van der Waals surface area contributed by atoms with E-state index in [4.69, 9.17) is 4.74 Å². The van der Waals surface area contributed by atoms with Crippen molar-refractivity contribution >= 4 is 17.5 Å². The van der Waals surface area contributed by atoms with Crippen LogP contribution in [-0.4, -0.2) is 48.6 Å². The number of benzene rings is 1. The topological polar surface area (TPSA) is 70.6 Å². The third-order valence-electron chi connectivity index (χ3n) is 4.18. The van der Waals surface area contributed by atoms with E-state index >= 15 is 0 Å². The molecule has 7 heteroatoms. The maximum Gasteiger partial charge on any atom is 0.322 e. The highest BCUT2D eigenvalue weighted by Gasteiger charge is 2.25. The molecule has 1 aliphatic heterocycles. The largest absolute Gasteiger partial charge is 0.497 e. The van der Waals surface area contributed by atoms with E-state index in [1.807, 2.05) is 44.1 Å². The van der Waals surface area contributed by atoms with E-state index in [1.54, 1.807) is 18.1 Å². The molecule has 1 aromatic carbocycles. The van der Waals surface area contributed by atoms with Gasteiger partial charge in [-0.15, -0.1) is 0 Å². The molecule has 0 unspecified atom stereocenters. The maximum atomic E-state index is 12.6. The lowest BCUT2D eigenvalue weighted by molar-refractivity contribution is 0.206. The molecule has 0 spiro atoms. The molecule has 7 nitrogen and oxygen atoms in total. The summed E-state index contributed by atoms with van der Waals surface area (Å²) in [4.78, 5) is 25.5. The molecule has 0 bridgehead atoms. The van der Waals surface area contributed by atoms with E-state index < -0.39 is 0 Å². The highest BCUT2D eigenvalue weighted by molar-refractivity contribution is 5.89. The molecule has 0 atom stereocenters. The third-order valence-corrected chi connectivity index (χ3v) is 4.18. The Morgan fingerprint density at radius 2 is 2.12 bits per heavy atom. The average molecular weight is 341 g/mol. The van der Waals surface area contributed by atoms with E-state index in [2.05, 4.69) is 15.3 Å². The molecule has 0 saturated heterocycles. The van der Waals surface area contributed by atoms with Crippen LogP contribution in [0.25, 0.3) is 0 Å². The summed E-state index contributed by atoms with van der Waals surface area (Å²) in [5.74, 6) is 2.35. The van der Waals surface area contributed by atoms with Crippen LogP contribution in [0.4, 0.5) is 16.3 Å². The van der Waals surface area contributed by atoms with Gasteiger partial charge in [-0.05, 0) is 19.1 Å². The molecule has 1 aliphatic rings. The molecule has 0 saturated carbocycles. The number of aromatic nitrogens is 2. The molecular formula is C18H23N5O2. The van der Waals surface area contributed by atoms with E-state index in [9.17, 15) is 4.79 Å². The Hall–Kier alpha value is -2.83. The predicted molar refractivity (Wildman–Crippen MR) is 97.2 cm³/mol. The summed E-state index contributed by atoms with van der Waals surface area (Å²) in [6.45, 7) is 3.03. The number of carbonyl (C=O) groups is 1. The number of anilines is 2. The van der Waals surface area contributed by atoms with Crippen LogP contribution in [0.2, 0.25) is 0 Å². The Labute approximate surface area is 147 Å². The summed E-state index contributed by atoms with van der Waals surface area (Å²) < 4.78 is 5.19. The fourth-order valence-corrected chi connectivity index (χ4v) is 2.96. The second-order valence-corrected chi connectivity index (χ2v) is 6.25. The molecule has 3 rings (SSSR count). The average Bonchev–Trinajstić information content (AvgIpc) is 2.60. The van der Waals surface area contributed by atoms with Gasteiger partial charge in [-0.3, -0.25) is 0 Å². The first kappa shape index (κ1) is 17.0. The van der Waals surface area contributed by atoms with Crippen molar-refractivity contribution < 1.29 is 9.53 Å². The van der Waals surface area contributed by atoms with Gasteiger partial charge >= 0.3 is 6.03 Å². The van der Waals surface area contributed by atoms with Crippen LogP contribution in [0.5, 0.6) is 5.75 Å².